The van der Waals surface area contributed by atoms with Gasteiger partial charge < -0.3 is 30.1 Å². The number of nitrogens with zero attached hydrogens (tertiary/aromatic N) is 3. The number of methoxy groups -OCH3 is 1. The highest BCUT2D eigenvalue weighted by atomic mass is 32.2. The molecule has 0 unspecified atom stereocenters. The van der Waals surface area contributed by atoms with E-state index in [-0.39, 0.29) is 12.5 Å². The van der Waals surface area contributed by atoms with E-state index >= 15 is 0 Å². The molecule has 140 valence electrons. The van der Waals surface area contributed by atoms with Crippen molar-refractivity contribution in [2.45, 2.75) is 9.99 Å². The predicted octanol–water partition coefficient (Wildman–Crippen LogP) is 1.48. The van der Waals surface area contributed by atoms with Crippen LogP contribution in [0.25, 0.3) is 0 Å². The van der Waals surface area contributed by atoms with Gasteiger partial charge in [-0.1, -0.05) is 5.16 Å². The van der Waals surface area contributed by atoms with E-state index < -0.39 is 0 Å². The van der Waals surface area contributed by atoms with E-state index in [1.54, 1.807) is 7.11 Å². The van der Waals surface area contributed by atoms with E-state index in [0.717, 1.165) is 42.5 Å². The molecule has 9 heteroatoms. The molecule has 2 heterocycles. The van der Waals surface area contributed by atoms with Crippen molar-refractivity contribution in [2.24, 2.45) is 5.73 Å². The van der Waals surface area contributed by atoms with Gasteiger partial charge in [0.2, 0.25) is 11.0 Å². The van der Waals surface area contributed by atoms with Gasteiger partial charge in [-0.05, 0) is 37.0 Å². The summed E-state index contributed by atoms with van der Waals surface area (Å²) in [5.74, 6) is 0.518. The summed E-state index contributed by atoms with van der Waals surface area (Å²) in [6, 6.07) is 6.04. The lowest BCUT2D eigenvalue weighted by Crippen LogP contribution is -2.44. The molecule has 1 fully saturated rings. The molecule has 3 N–H and O–H groups in total. The summed E-state index contributed by atoms with van der Waals surface area (Å²) >= 11 is 1.37. The molecule has 0 spiro atoms. The normalized spacial score (nSPS) is 15.1. The average molecular weight is 377 g/mol. The van der Waals surface area contributed by atoms with Gasteiger partial charge in [0, 0.05) is 31.1 Å². The molecule has 1 aromatic carbocycles. The van der Waals surface area contributed by atoms with Crippen molar-refractivity contribution in [1.29, 1.82) is 0 Å². The number of piperazine rings is 1. The molecular formula is C17H23N5O3S. The van der Waals surface area contributed by atoms with Crippen molar-refractivity contribution in [3.63, 3.8) is 0 Å². The Kier molecular flexibility index (Phi) is 6.02. The van der Waals surface area contributed by atoms with Crippen LogP contribution in [0.5, 0.6) is 5.75 Å². The number of anilines is 2. The van der Waals surface area contributed by atoms with Gasteiger partial charge in [0.25, 0.3) is 0 Å². The quantitative estimate of drug-likeness (QED) is 0.781. The van der Waals surface area contributed by atoms with Crippen molar-refractivity contribution >= 4 is 29.0 Å². The maximum Gasteiger partial charge on any atom is 0.238 e. The standard InChI is InChI=1S/C17H23N5O3S/c1-21-5-7-22(8-6-21)14-4-3-12(9-15(14)24-2)26-17-13(11-19-25-17)20-16(23)10-18/h3-4,9,11H,5-8,10,18H2,1-2H3,(H,20,23). The van der Waals surface area contributed by atoms with E-state index in [1.165, 1.54) is 18.0 Å². The summed E-state index contributed by atoms with van der Waals surface area (Å²) in [6.07, 6.45) is 1.46. The fourth-order valence-corrected chi connectivity index (χ4v) is 3.53. The lowest BCUT2D eigenvalue weighted by molar-refractivity contribution is -0.114. The first-order valence-electron chi connectivity index (χ1n) is 8.34. The summed E-state index contributed by atoms with van der Waals surface area (Å²) < 4.78 is 10.8. The molecule has 3 rings (SSSR count). The number of carbonyl (C=O) groups excluding carboxylic acids is 1. The second kappa shape index (κ2) is 8.43. The van der Waals surface area contributed by atoms with E-state index in [0.29, 0.717) is 10.8 Å². The maximum atomic E-state index is 11.5. The van der Waals surface area contributed by atoms with Crippen LogP contribution >= 0.6 is 11.8 Å². The molecule has 1 aromatic heterocycles. The highest BCUT2D eigenvalue weighted by Gasteiger charge is 2.19. The Bertz CT molecular complexity index is 759. The molecule has 2 aromatic rings. The molecule has 0 radical (unpaired) electrons. The number of carbonyl (C=O) groups is 1. The molecule has 1 aliphatic rings. The monoisotopic (exact) mass is 377 g/mol. The topological polar surface area (TPSA) is 96.9 Å². The van der Waals surface area contributed by atoms with Crippen LogP contribution in [0.2, 0.25) is 0 Å². The SMILES string of the molecule is COc1cc(Sc2oncc2NC(=O)CN)ccc1N1CCN(C)CC1. The van der Waals surface area contributed by atoms with E-state index in [2.05, 4.69) is 33.4 Å². The van der Waals surface area contributed by atoms with Crippen LogP contribution in [0, 0.1) is 0 Å². The van der Waals surface area contributed by atoms with Crippen molar-refractivity contribution in [2.75, 3.05) is 57.1 Å². The van der Waals surface area contributed by atoms with Gasteiger partial charge in [-0.25, -0.2) is 0 Å². The van der Waals surface area contributed by atoms with Gasteiger partial charge in [0.05, 0.1) is 25.5 Å². The fourth-order valence-electron chi connectivity index (χ4n) is 2.72. The average Bonchev–Trinajstić information content (AvgIpc) is 3.09. The first-order valence-corrected chi connectivity index (χ1v) is 9.16. The van der Waals surface area contributed by atoms with Gasteiger partial charge >= 0.3 is 0 Å². The lowest BCUT2D eigenvalue weighted by Gasteiger charge is -2.34. The van der Waals surface area contributed by atoms with Crippen LogP contribution in [0.3, 0.4) is 0 Å². The van der Waals surface area contributed by atoms with E-state index in [9.17, 15) is 4.79 Å². The Morgan fingerprint density at radius 3 is 2.85 bits per heavy atom. The smallest absolute Gasteiger partial charge is 0.238 e. The zero-order valence-electron chi connectivity index (χ0n) is 14.9. The zero-order valence-corrected chi connectivity index (χ0v) is 15.7. The number of nitrogens with one attached hydrogen (secondary N) is 1. The number of rotatable bonds is 6. The van der Waals surface area contributed by atoms with Crippen LogP contribution in [-0.2, 0) is 4.79 Å². The Morgan fingerprint density at radius 2 is 2.15 bits per heavy atom. The number of likely N-dealkylation sites (N-methyl/N-ethyl adjacent to an activating group) is 1. The first kappa shape index (κ1) is 18.6. The summed E-state index contributed by atoms with van der Waals surface area (Å²) in [5.41, 5.74) is 6.92. The molecule has 0 atom stereocenters. The third-order valence-electron chi connectivity index (χ3n) is 4.20. The number of nitrogens with two attached hydrogens (primary N) is 1. The molecule has 26 heavy (non-hydrogen) atoms. The number of amides is 1. The minimum absolute atomic E-state index is 0.0944. The Balaban J connectivity index is 1.76. The van der Waals surface area contributed by atoms with Gasteiger partial charge in [0.15, 0.2) is 0 Å². The van der Waals surface area contributed by atoms with Crippen molar-refractivity contribution in [3.05, 3.63) is 24.4 Å². The minimum atomic E-state index is -0.293. The largest absolute Gasteiger partial charge is 0.495 e. The van der Waals surface area contributed by atoms with Gasteiger partial charge in [-0.15, -0.1) is 0 Å². The predicted molar refractivity (Wildman–Crippen MR) is 101 cm³/mol. The molecule has 1 amide bonds. The number of ether oxygens (including phenoxy) is 1. The third-order valence-corrected chi connectivity index (χ3v) is 5.17. The Labute approximate surface area is 156 Å². The molecule has 8 nitrogen and oxygen atoms in total. The van der Waals surface area contributed by atoms with Crippen molar-refractivity contribution in [3.8, 4) is 5.75 Å². The minimum Gasteiger partial charge on any atom is -0.495 e. The summed E-state index contributed by atoms with van der Waals surface area (Å²) in [4.78, 5) is 17.1. The maximum absolute atomic E-state index is 11.5. The van der Waals surface area contributed by atoms with E-state index in [1.807, 2.05) is 12.1 Å². The van der Waals surface area contributed by atoms with Crippen LogP contribution < -0.4 is 20.7 Å². The number of hydrogen-bond donors (Lipinski definition) is 2. The van der Waals surface area contributed by atoms with Crippen LogP contribution in [-0.4, -0.2) is 62.8 Å². The van der Waals surface area contributed by atoms with E-state index in [4.69, 9.17) is 15.0 Å². The van der Waals surface area contributed by atoms with Crippen molar-refractivity contribution in [1.82, 2.24) is 10.1 Å². The number of benzene rings is 1. The van der Waals surface area contributed by atoms with Crippen LogP contribution in [0.1, 0.15) is 0 Å². The second-order valence-electron chi connectivity index (χ2n) is 6.01. The Hall–Kier alpha value is -2.23. The van der Waals surface area contributed by atoms with Gasteiger partial charge in [-0.3, -0.25) is 4.79 Å². The zero-order chi connectivity index (χ0) is 18.5. The summed E-state index contributed by atoms with van der Waals surface area (Å²) in [5, 5.41) is 6.92. The lowest BCUT2D eigenvalue weighted by atomic mass is 10.2. The highest BCUT2D eigenvalue weighted by Crippen LogP contribution is 2.38. The van der Waals surface area contributed by atoms with Gasteiger partial charge in [-0.2, -0.15) is 0 Å². The van der Waals surface area contributed by atoms with Crippen LogP contribution in [0.15, 0.2) is 38.9 Å². The fraction of sp³-hybridized carbons (Fsp3) is 0.412. The van der Waals surface area contributed by atoms with Crippen molar-refractivity contribution < 1.29 is 14.1 Å². The highest BCUT2D eigenvalue weighted by molar-refractivity contribution is 7.99. The first-order chi connectivity index (χ1) is 12.6. The van der Waals surface area contributed by atoms with Gasteiger partial charge in [0.1, 0.15) is 11.4 Å². The number of aromatic nitrogens is 1. The summed E-state index contributed by atoms with van der Waals surface area (Å²) in [6.45, 7) is 3.90. The Morgan fingerprint density at radius 1 is 1.38 bits per heavy atom. The molecule has 1 saturated heterocycles. The second-order valence-corrected chi connectivity index (χ2v) is 7.05. The molecule has 0 aliphatic carbocycles. The molecule has 0 saturated carbocycles. The molecular weight excluding hydrogens is 354 g/mol. The number of hydrogen-bond acceptors (Lipinski definition) is 8. The molecule has 0 bridgehead atoms. The third kappa shape index (κ3) is 4.29. The van der Waals surface area contributed by atoms with Crippen LogP contribution in [0.4, 0.5) is 11.4 Å². The molecule has 1 aliphatic heterocycles. The summed E-state index contributed by atoms with van der Waals surface area (Å²) in [7, 11) is 3.80.